The van der Waals surface area contributed by atoms with Crippen LogP contribution in [0.4, 0.5) is 0 Å². The average molecular weight is 347 g/mol. The molecule has 0 spiro atoms. The van der Waals surface area contributed by atoms with Gasteiger partial charge in [-0.3, -0.25) is 15.6 Å². The van der Waals surface area contributed by atoms with Crippen molar-refractivity contribution in [3.63, 3.8) is 0 Å². The van der Waals surface area contributed by atoms with E-state index in [4.69, 9.17) is 16.6 Å². The van der Waals surface area contributed by atoms with Gasteiger partial charge in [-0.25, -0.2) is 0 Å². The molecule has 4 aliphatic rings. The highest BCUT2D eigenvalue weighted by atomic mass is 32.1. The van der Waals surface area contributed by atoms with Gasteiger partial charge in [0.25, 0.3) is 0 Å². The first-order valence-electron chi connectivity index (χ1n) is 8.95. The maximum absolute atomic E-state index is 12.4. The molecule has 4 fully saturated rings. The van der Waals surface area contributed by atoms with Crippen molar-refractivity contribution in [3.05, 3.63) is 24.2 Å². The molecular weight excluding hydrogens is 322 g/mol. The first-order chi connectivity index (χ1) is 11.6. The summed E-state index contributed by atoms with van der Waals surface area (Å²) in [5, 5.41) is 3.42. The quantitative estimate of drug-likeness (QED) is 0.577. The minimum Gasteiger partial charge on any atom is -0.467 e. The van der Waals surface area contributed by atoms with E-state index in [9.17, 15) is 4.79 Å². The van der Waals surface area contributed by atoms with Crippen LogP contribution >= 0.6 is 12.2 Å². The number of rotatable bonds is 4. The first-order valence-corrected chi connectivity index (χ1v) is 9.36. The summed E-state index contributed by atoms with van der Waals surface area (Å²) in [5.74, 6) is 3.47. The Balaban J connectivity index is 1.23. The van der Waals surface area contributed by atoms with Crippen LogP contribution in [0.1, 0.15) is 50.7 Å². The lowest BCUT2D eigenvalue weighted by atomic mass is 9.49. The number of furan rings is 1. The molecule has 4 aliphatic carbocycles. The van der Waals surface area contributed by atoms with Gasteiger partial charge < -0.3 is 9.73 Å². The molecule has 5 rings (SSSR count). The third-order valence-electron chi connectivity index (χ3n) is 6.02. The Bertz CT molecular complexity index is 579. The summed E-state index contributed by atoms with van der Waals surface area (Å²) < 4.78 is 5.23. The van der Waals surface area contributed by atoms with Crippen LogP contribution in [0, 0.1) is 23.2 Å². The molecule has 5 nitrogen and oxygen atoms in total. The van der Waals surface area contributed by atoms with E-state index in [-0.39, 0.29) is 11.3 Å². The van der Waals surface area contributed by atoms with Crippen molar-refractivity contribution in [1.29, 1.82) is 0 Å². The van der Waals surface area contributed by atoms with Gasteiger partial charge in [0.05, 0.1) is 12.8 Å². The highest BCUT2D eigenvalue weighted by Gasteiger charge is 2.51. The maximum Gasteiger partial charge on any atom is 0.238 e. The van der Waals surface area contributed by atoms with Gasteiger partial charge in [-0.05, 0) is 86.0 Å². The predicted molar refractivity (Wildman–Crippen MR) is 94.6 cm³/mol. The normalized spacial score (nSPS) is 33.2. The monoisotopic (exact) mass is 347 g/mol. The van der Waals surface area contributed by atoms with Crippen LogP contribution in [-0.4, -0.2) is 11.0 Å². The van der Waals surface area contributed by atoms with E-state index in [0.29, 0.717) is 18.1 Å². The number of carbonyl (C=O) groups is 1. The van der Waals surface area contributed by atoms with E-state index in [2.05, 4.69) is 16.2 Å². The van der Waals surface area contributed by atoms with Crippen LogP contribution in [0.3, 0.4) is 0 Å². The summed E-state index contributed by atoms with van der Waals surface area (Å²) in [5.41, 5.74) is 5.82. The molecule has 0 aliphatic heterocycles. The van der Waals surface area contributed by atoms with Gasteiger partial charge in [-0.2, -0.15) is 0 Å². The largest absolute Gasteiger partial charge is 0.467 e. The number of carbonyl (C=O) groups excluding carboxylic acids is 1. The van der Waals surface area contributed by atoms with E-state index in [1.165, 1.54) is 38.5 Å². The van der Waals surface area contributed by atoms with Crippen LogP contribution in [-0.2, 0) is 11.3 Å². The average Bonchev–Trinajstić information content (AvgIpc) is 3.02. The molecule has 6 heteroatoms. The van der Waals surface area contributed by atoms with Crippen LogP contribution in [0.15, 0.2) is 22.8 Å². The number of hydrazine groups is 1. The van der Waals surface area contributed by atoms with Crippen molar-refractivity contribution >= 4 is 23.2 Å². The Kier molecular flexibility index (Phi) is 4.24. The van der Waals surface area contributed by atoms with Gasteiger partial charge in [0.1, 0.15) is 5.76 Å². The molecule has 4 saturated carbocycles. The second-order valence-electron chi connectivity index (χ2n) is 8.03. The van der Waals surface area contributed by atoms with Crippen molar-refractivity contribution in [2.75, 3.05) is 0 Å². The SMILES string of the molecule is O=C(CC12CC3CC(CC(C3)C1)C2)NNC(=S)NCc1ccco1. The Morgan fingerprint density at radius 2 is 1.83 bits per heavy atom. The van der Waals surface area contributed by atoms with E-state index < -0.39 is 0 Å². The summed E-state index contributed by atoms with van der Waals surface area (Å²) in [6.45, 7) is 0.504. The third-order valence-corrected chi connectivity index (χ3v) is 6.27. The van der Waals surface area contributed by atoms with Crippen molar-refractivity contribution in [2.45, 2.75) is 51.5 Å². The summed E-state index contributed by atoms with van der Waals surface area (Å²) >= 11 is 5.18. The topological polar surface area (TPSA) is 66.3 Å². The molecule has 1 aromatic heterocycles. The van der Waals surface area contributed by atoms with Crippen molar-refractivity contribution < 1.29 is 9.21 Å². The number of hydrogen-bond donors (Lipinski definition) is 3. The van der Waals surface area contributed by atoms with Gasteiger partial charge in [-0.15, -0.1) is 0 Å². The Morgan fingerprint density at radius 3 is 2.42 bits per heavy atom. The minimum absolute atomic E-state index is 0.0547. The highest BCUT2D eigenvalue weighted by molar-refractivity contribution is 7.80. The molecule has 1 aromatic rings. The fraction of sp³-hybridized carbons (Fsp3) is 0.667. The van der Waals surface area contributed by atoms with Crippen LogP contribution in [0.5, 0.6) is 0 Å². The molecule has 0 unspecified atom stereocenters. The summed E-state index contributed by atoms with van der Waals surface area (Å²) in [7, 11) is 0. The lowest BCUT2D eigenvalue weighted by Gasteiger charge is -2.56. The zero-order chi connectivity index (χ0) is 16.6. The van der Waals surface area contributed by atoms with Crippen LogP contribution in [0.25, 0.3) is 0 Å². The smallest absolute Gasteiger partial charge is 0.238 e. The van der Waals surface area contributed by atoms with Gasteiger partial charge >= 0.3 is 0 Å². The number of amides is 1. The minimum atomic E-state index is 0.0547. The van der Waals surface area contributed by atoms with Crippen molar-refractivity contribution in [1.82, 2.24) is 16.2 Å². The molecule has 0 saturated heterocycles. The fourth-order valence-corrected chi connectivity index (χ4v) is 5.77. The zero-order valence-corrected chi connectivity index (χ0v) is 14.7. The summed E-state index contributed by atoms with van der Waals surface area (Å²) in [4.78, 5) is 12.4. The lowest BCUT2D eigenvalue weighted by molar-refractivity contribution is -0.130. The molecule has 1 amide bonds. The van der Waals surface area contributed by atoms with Gasteiger partial charge in [0, 0.05) is 6.42 Å². The van der Waals surface area contributed by atoms with Crippen molar-refractivity contribution in [3.8, 4) is 0 Å². The van der Waals surface area contributed by atoms with E-state index in [1.807, 2.05) is 12.1 Å². The number of thiocarbonyl (C=S) groups is 1. The Hall–Kier alpha value is -1.56. The highest BCUT2D eigenvalue weighted by Crippen LogP contribution is 2.61. The Morgan fingerprint density at radius 1 is 1.17 bits per heavy atom. The maximum atomic E-state index is 12.4. The second-order valence-corrected chi connectivity index (χ2v) is 8.44. The zero-order valence-electron chi connectivity index (χ0n) is 13.8. The molecule has 1 heterocycles. The van der Waals surface area contributed by atoms with E-state index in [1.54, 1.807) is 6.26 Å². The molecule has 24 heavy (non-hydrogen) atoms. The first kappa shape index (κ1) is 15.9. The lowest BCUT2D eigenvalue weighted by Crippen LogP contribution is -2.51. The summed E-state index contributed by atoms with van der Waals surface area (Å²) in [6, 6.07) is 3.71. The number of nitrogens with one attached hydrogen (secondary N) is 3. The van der Waals surface area contributed by atoms with Crippen molar-refractivity contribution in [2.24, 2.45) is 23.2 Å². The standard InChI is InChI=1S/C18H25N3O2S/c22-16(20-21-17(24)19-11-15-2-1-3-23-15)10-18-7-12-4-13(8-18)6-14(5-12)9-18/h1-3,12-14H,4-11H2,(H,20,22)(H2,19,21,24). The fourth-order valence-electron chi connectivity index (χ4n) is 5.64. The molecular formula is C18H25N3O2S. The number of hydrogen-bond acceptors (Lipinski definition) is 3. The van der Waals surface area contributed by atoms with Gasteiger partial charge in [0.2, 0.25) is 5.91 Å². The molecule has 4 bridgehead atoms. The van der Waals surface area contributed by atoms with Gasteiger partial charge in [-0.1, -0.05) is 0 Å². The molecule has 0 aromatic carbocycles. The molecule has 130 valence electrons. The Labute approximate surface area is 147 Å². The van der Waals surface area contributed by atoms with Gasteiger partial charge in [0.15, 0.2) is 5.11 Å². The van der Waals surface area contributed by atoms with E-state index in [0.717, 1.165) is 23.5 Å². The molecule has 3 N–H and O–H groups in total. The molecule has 0 atom stereocenters. The second kappa shape index (κ2) is 6.39. The molecule has 0 radical (unpaired) electrons. The summed E-state index contributed by atoms with van der Waals surface area (Å²) in [6.07, 6.45) is 10.2. The van der Waals surface area contributed by atoms with E-state index >= 15 is 0 Å². The predicted octanol–water partition coefficient (Wildman–Crippen LogP) is 2.88. The van der Waals surface area contributed by atoms with Crippen LogP contribution < -0.4 is 16.2 Å². The van der Waals surface area contributed by atoms with Crippen LogP contribution in [0.2, 0.25) is 0 Å². The third kappa shape index (κ3) is 3.43.